The summed E-state index contributed by atoms with van der Waals surface area (Å²) in [5.41, 5.74) is 0.445. The average Bonchev–Trinajstić information content (AvgIpc) is 3.21. The van der Waals surface area contributed by atoms with Crippen LogP contribution in [0.5, 0.6) is 0 Å². The molecule has 154 valence electrons. The van der Waals surface area contributed by atoms with Crippen molar-refractivity contribution in [2.75, 3.05) is 19.6 Å². The van der Waals surface area contributed by atoms with E-state index in [1.807, 2.05) is 13.8 Å². The highest BCUT2D eigenvalue weighted by atomic mass is 16.5. The van der Waals surface area contributed by atoms with Crippen LogP contribution in [0.2, 0.25) is 0 Å². The topological polar surface area (TPSA) is 113 Å². The molecule has 2 heterocycles. The lowest BCUT2D eigenvalue weighted by Gasteiger charge is -2.18. The predicted molar refractivity (Wildman–Crippen MR) is 101 cm³/mol. The largest absolute Gasteiger partial charge is 0.449 e. The number of benzene rings is 1. The first-order chi connectivity index (χ1) is 13.7. The number of amides is 5. The lowest BCUT2D eigenvalue weighted by atomic mass is 10.1. The molecule has 1 N–H and O–H groups in total. The van der Waals surface area contributed by atoms with Gasteiger partial charge >= 0.3 is 12.0 Å². The van der Waals surface area contributed by atoms with E-state index in [9.17, 15) is 24.0 Å². The Hall–Kier alpha value is -3.23. The number of rotatable bonds is 6. The zero-order valence-corrected chi connectivity index (χ0v) is 16.6. The molecule has 1 fully saturated rings. The molecule has 9 nitrogen and oxygen atoms in total. The van der Waals surface area contributed by atoms with Gasteiger partial charge in [-0.25, -0.2) is 9.59 Å². The summed E-state index contributed by atoms with van der Waals surface area (Å²) in [6, 6.07) is 3.59. The number of hydrogen-bond donors (Lipinski definition) is 1. The number of urea groups is 1. The third-order valence-electron chi connectivity index (χ3n) is 4.89. The second kappa shape index (κ2) is 8.02. The fourth-order valence-corrected chi connectivity index (χ4v) is 3.19. The number of nitrogens with zero attached hydrogens (tertiary/aromatic N) is 2. The van der Waals surface area contributed by atoms with Gasteiger partial charge in [0.05, 0.1) is 16.7 Å². The molecule has 1 saturated heterocycles. The van der Waals surface area contributed by atoms with Gasteiger partial charge in [-0.15, -0.1) is 0 Å². The van der Waals surface area contributed by atoms with E-state index >= 15 is 0 Å². The van der Waals surface area contributed by atoms with E-state index in [0.717, 1.165) is 4.90 Å². The zero-order valence-electron chi connectivity index (χ0n) is 16.6. The minimum Gasteiger partial charge on any atom is -0.449 e. The Morgan fingerprint density at radius 2 is 1.79 bits per heavy atom. The van der Waals surface area contributed by atoms with Crippen molar-refractivity contribution in [1.82, 2.24) is 15.1 Å². The van der Waals surface area contributed by atoms with E-state index in [2.05, 4.69) is 5.32 Å². The standard InChI is InChI=1S/C20H23N3O6/c1-11(2)6-8-22-17(25)14-5-4-13(10-15(14)18(22)26)19(27)29-12(3)16(24)23-9-7-21-20(23)28/h4-5,10-12H,6-9H2,1-3H3,(H,21,28)/t12-/m0/s1. The van der Waals surface area contributed by atoms with Gasteiger partial charge in [0, 0.05) is 19.6 Å². The van der Waals surface area contributed by atoms with Gasteiger partial charge < -0.3 is 10.1 Å². The summed E-state index contributed by atoms with van der Waals surface area (Å²) in [7, 11) is 0. The molecular formula is C20H23N3O6. The molecule has 1 atom stereocenters. The fourth-order valence-electron chi connectivity index (χ4n) is 3.19. The van der Waals surface area contributed by atoms with Crippen LogP contribution in [0.1, 0.15) is 58.3 Å². The maximum Gasteiger partial charge on any atom is 0.338 e. The van der Waals surface area contributed by atoms with Crippen LogP contribution in [-0.2, 0) is 9.53 Å². The summed E-state index contributed by atoms with van der Waals surface area (Å²) in [5.74, 6) is -1.93. The van der Waals surface area contributed by atoms with E-state index in [1.165, 1.54) is 30.0 Å². The quantitative estimate of drug-likeness (QED) is 0.570. The normalized spacial score (nSPS) is 16.9. The third kappa shape index (κ3) is 3.98. The summed E-state index contributed by atoms with van der Waals surface area (Å²) in [4.78, 5) is 63.5. The van der Waals surface area contributed by atoms with Gasteiger partial charge in [0.2, 0.25) is 0 Å². The number of carbonyl (C=O) groups is 5. The number of esters is 1. The van der Waals surface area contributed by atoms with Crippen LogP contribution in [0.4, 0.5) is 4.79 Å². The van der Waals surface area contributed by atoms with E-state index in [-0.39, 0.29) is 29.1 Å². The molecule has 0 bridgehead atoms. The molecule has 1 aromatic carbocycles. The van der Waals surface area contributed by atoms with Crippen LogP contribution in [0.25, 0.3) is 0 Å². The zero-order chi connectivity index (χ0) is 21.3. The Morgan fingerprint density at radius 3 is 2.41 bits per heavy atom. The van der Waals surface area contributed by atoms with Gasteiger partial charge in [0.15, 0.2) is 6.10 Å². The highest BCUT2D eigenvalue weighted by molar-refractivity contribution is 6.22. The molecule has 29 heavy (non-hydrogen) atoms. The molecule has 9 heteroatoms. The van der Waals surface area contributed by atoms with Crippen molar-refractivity contribution in [1.29, 1.82) is 0 Å². The summed E-state index contributed by atoms with van der Waals surface area (Å²) >= 11 is 0. The first-order valence-electron chi connectivity index (χ1n) is 9.51. The highest BCUT2D eigenvalue weighted by Gasteiger charge is 2.36. The van der Waals surface area contributed by atoms with Crippen molar-refractivity contribution in [3.63, 3.8) is 0 Å². The second-order valence-electron chi connectivity index (χ2n) is 7.47. The molecule has 0 radical (unpaired) electrons. The highest BCUT2D eigenvalue weighted by Crippen LogP contribution is 2.25. The Bertz CT molecular complexity index is 894. The minimum atomic E-state index is -1.17. The summed E-state index contributed by atoms with van der Waals surface area (Å²) in [6.45, 7) is 6.25. The van der Waals surface area contributed by atoms with Crippen molar-refractivity contribution in [2.45, 2.75) is 33.3 Å². The predicted octanol–water partition coefficient (Wildman–Crippen LogP) is 1.43. The molecule has 1 aromatic rings. The molecule has 2 aliphatic heterocycles. The van der Waals surface area contributed by atoms with Crippen LogP contribution in [-0.4, -0.2) is 65.3 Å². The van der Waals surface area contributed by atoms with Gasteiger partial charge in [-0.3, -0.25) is 24.2 Å². The molecule has 0 aliphatic carbocycles. The third-order valence-corrected chi connectivity index (χ3v) is 4.89. The number of ether oxygens (including phenoxy) is 1. The van der Waals surface area contributed by atoms with Gasteiger partial charge in [0.25, 0.3) is 17.7 Å². The van der Waals surface area contributed by atoms with E-state index < -0.39 is 29.9 Å². The first kappa shape index (κ1) is 20.5. The fraction of sp³-hybridized carbons (Fsp3) is 0.450. The van der Waals surface area contributed by atoms with E-state index in [0.29, 0.717) is 25.4 Å². The van der Waals surface area contributed by atoms with Crippen LogP contribution in [0, 0.1) is 5.92 Å². The van der Waals surface area contributed by atoms with Crippen LogP contribution >= 0.6 is 0 Å². The van der Waals surface area contributed by atoms with E-state index in [1.54, 1.807) is 0 Å². The minimum absolute atomic E-state index is 0.0566. The Labute approximate surface area is 168 Å². The van der Waals surface area contributed by atoms with Crippen LogP contribution in [0.15, 0.2) is 18.2 Å². The molecule has 0 aromatic heterocycles. The molecule has 3 rings (SSSR count). The number of carbonyl (C=O) groups excluding carboxylic acids is 5. The maximum atomic E-state index is 12.6. The second-order valence-corrected chi connectivity index (χ2v) is 7.47. The SMILES string of the molecule is CC(C)CCN1C(=O)c2ccc(C(=O)O[C@@H](C)C(=O)N3CCNC3=O)cc2C1=O. The molecule has 0 unspecified atom stereocenters. The lowest BCUT2D eigenvalue weighted by molar-refractivity contribution is -0.136. The number of fused-ring (bicyclic) bond motifs is 1. The van der Waals surface area contributed by atoms with Crippen LogP contribution in [0.3, 0.4) is 0 Å². The first-order valence-corrected chi connectivity index (χ1v) is 9.51. The average molecular weight is 401 g/mol. The molecule has 5 amide bonds. The maximum absolute atomic E-state index is 12.6. The van der Waals surface area contributed by atoms with Crippen molar-refractivity contribution < 1.29 is 28.7 Å². The van der Waals surface area contributed by atoms with Gasteiger partial charge in [0.1, 0.15) is 0 Å². The van der Waals surface area contributed by atoms with Crippen molar-refractivity contribution in [3.05, 3.63) is 34.9 Å². The summed E-state index contributed by atoms with van der Waals surface area (Å²) in [5, 5.41) is 2.50. The Morgan fingerprint density at radius 1 is 1.10 bits per heavy atom. The Balaban J connectivity index is 1.71. The molecule has 0 spiro atoms. The lowest BCUT2D eigenvalue weighted by Crippen LogP contribution is -2.41. The van der Waals surface area contributed by atoms with Crippen molar-refractivity contribution >= 4 is 29.7 Å². The number of imide groups is 2. The summed E-state index contributed by atoms with van der Waals surface area (Å²) in [6.07, 6.45) is -0.483. The monoisotopic (exact) mass is 401 g/mol. The van der Waals surface area contributed by atoms with Crippen molar-refractivity contribution in [3.8, 4) is 0 Å². The van der Waals surface area contributed by atoms with Gasteiger partial charge in [-0.2, -0.15) is 0 Å². The number of nitrogens with one attached hydrogen (secondary N) is 1. The molecular weight excluding hydrogens is 378 g/mol. The molecule has 0 saturated carbocycles. The van der Waals surface area contributed by atoms with E-state index in [4.69, 9.17) is 4.74 Å². The summed E-state index contributed by atoms with van der Waals surface area (Å²) < 4.78 is 5.17. The van der Waals surface area contributed by atoms with Crippen molar-refractivity contribution in [2.24, 2.45) is 5.92 Å². The van der Waals surface area contributed by atoms with Crippen LogP contribution < -0.4 is 5.32 Å². The smallest absolute Gasteiger partial charge is 0.338 e. The van der Waals surface area contributed by atoms with Gasteiger partial charge in [-0.1, -0.05) is 13.8 Å². The Kier molecular flexibility index (Phi) is 5.67. The molecule has 2 aliphatic rings. The van der Waals surface area contributed by atoms with Gasteiger partial charge in [-0.05, 0) is 37.5 Å². The number of hydrogen-bond acceptors (Lipinski definition) is 6.